The van der Waals surface area contributed by atoms with Gasteiger partial charge >= 0.3 is 0 Å². The zero-order chi connectivity index (χ0) is 25.6. The summed E-state index contributed by atoms with van der Waals surface area (Å²) in [6.07, 6.45) is 3.53. The van der Waals surface area contributed by atoms with Gasteiger partial charge in [0.1, 0.15) is 0 Å². The van der Waals surface area contributed by atoms with E-state index in [0.29, 0.717) is 30.3 Å². The Labute approximate surface area is 218 Å². The summed E-state index contributed by atoms with van der Waals surface area (Å²) in [6.45, 7) is 1.25. The van der Waals surface area contributed by atoms with Crippen LogP contribution in [0.5, 0.6) is 0 Å². The maximum Gasteiger partial charge on any atom is 0.258 e. The average molecular weight is 493 g/mol. The van der Waals surface area contributed by atoms with Crippen molar-refractivity contribution >= 4 is 11.9 Å². The number of nitrogens with zero attached hydrogens (tertiary/aromatic N) is 4. The van der Waals surface area contributed by atoms with E-state index in [4.69, 9.17) is 4.98 Å². The third kappa shape index (κ3) is 5.54. The van der Waals surface area contributed by atoms with E-state index in [2.05, 4.69) is 17.1 Å². The van der Waals surface area contributed by atoms with Crippen molar-refractivity contribution in [2.45, 2.75) is 38.0 Å². The molecule has 1 amide bonds. The molecular formula is C31H32N4O2. The summed E-state index contributed by atoms with van der Waals surface area (Å²) in [4.78, 5) is 27.3. The van der Waals surface area contributed by atoms with E-state index in [-0.39, 0.29) is 11.9 Å². The fraction of sp³-hybridized carbons (Fsp3) is 0.258. The number of aliphatic hydroxyl groups is 1. The van der Waals surface area contributed by atoms with Crippen LogP contribution in [0.1, 0.15) is 46.9 Å². The van der Waals surface area contributed by atoms with Gasteiger partial charge in [-0.1, -0.05) is 91.0 Å². The van der Waals surface area contributed by atoms with Crippen molar-refractivity contribution in [3.63, 3.8) is 0 Å². The highest BCUT2D eigenvalue weighted by atomic mass is 16.3. The third-order valence-corrected chi connectivity index (χ3v) is 6.97. The lowest BCUT2D eigenvalue weighted by Gasteiger charge is -2.39. The number of carbonyl (C=O) groups excluding carboxylic acids is 1. The van der Waals surface area contributed by atoms with Gasteiger partial charge in [-0.05, 0) is 30.4 Å². The highest BCUT2D eigenvalue weighted by molar-refractivity contribution is 6.00. The molecule has 2 atom stereocenters. The predicted octanol–water partition coefficient (Wildman–Crippen LogP) is 5.51. The van der Waals surface area contributed by atoms with Gasteiger partial charge in [-0.2, -0.15) is 0 Å². The second kappa shape index (κ2) is 11.4. The minimum absolute atomic E-state index is 0.143. The van der Waals surface area contributed by atoms with Crippen molar-refractivity contribution in [3.05, 3.63) is 114 Å². The van der Waals surface area contributed by atoms with Crippen molar-refractivity contribution in [3.8, 4) is 11.3 Å². The minimum Gasteiger partial charge on any atom is -0.386 e. The Hall–Kier alpha value is -4.03. The molecule has 1 aromatic heterocycles. The number of aliphatic hydroxyl groups excluding tert-OH is 1. The largest absolute Gasteiger partial charge is 0.386 e. The maximum absolute atomic E-state index is 14.0. The number of rotatable bonds is 7. The molecular weight excluding hydrogens is 460 g/mol. The maximum atomic E-state index is 14.0. The monoisotopic (exact) mass is 492 g/mol. The second-order valence-electron chi connectivity index (χ2n) is 9.56. The summed E-state index contributed by atoms with van der Waals surface area (Å²) in [7, 11) is 1.95. The molecule has 2 heterocycles. The molecule has 1 saturated heterocycles. The van der Waals surface area contributed by atoms with Crippen molar-refractivity contribution in [1.82, 2.24) is 14.9 Å². The van der Waals surface area contributed by atoms with Gasteiger partial charge in [-0.25, -0.2) is 9.97 Å². The number of amides is 1. The Morgan fingerprint density at radius 2 is 1.62 bits per heavy atom. The first-order valence-corrected chi connectivity index (χ1v) is 12.8. The van der Waals surface area contributed by atoms with Crippen molar-refractivity contribution in [2.24, 2.45) is 0 Å². The zero-order valence-corrected chi connectivity index (χ0v) is 21.1. The number of carbonyl (C=O) groups is 1. The fourth-order valence-corrected chi connectivity index (χ4v) is 5.02. The minimum atomic E-state index is -0.747. The van der Waals surface area contributed by atoms with E-state index >= 15 is 0 Å². The van der Waals surface area contributed by atoms with Gasteiger partial charge in [-0.15, -0.1) is 0 Å². The predicted molar refractivity (Wildman–Crippen MR) is 146 cm³/mol. The molecule has 37 heavy (non-hydrogen) atoms. The van der Waals surface area contributed by atoms with Gasteiger partial charge in [0.25, 0.3) is 5.91 Å². The van der Waals surface area contributed by atoms with Crippen molar-refractivity contribution < 1.29 is 9.90 Å². The number of piperidine rings is 1. The lowest BCUT2D eigenvalue weighted by atomic mass is 9.92. The highest BCUT2D eigenvalue weighted by Crippen LogP contribution is 2.32. The number of aromatic nitrogens is 2. The molecule has 1 aliphatic rings. The van der Waals surface area contributed by atoms with Crippen LogP contribution in [0, 0.1) is 0 Å². The standard InChI is InChI=1S/C31H32N4O2/c1-34(22-23-13-5-2-6-14-23)31-32-21-26(28(33-31)24-15-7-3-8-16-24)30(37)35-20-12-11-19-27(35)29(36)25-17-9-4-10-18-25/h2-10,13-18,21,27,29,36H,11-12,19-20,22H2,1H3. The molecule has 1 N–H and O–H groups in total. The molecule has 0 spiro atoms. The van der Waals surface area contributed by atoms with E-state index in [1.807, 2.05) is 95.7 Å². The first-order valence-electron chi connectivity index (χ1n) is 12.8. The Morgan fingerprint density at radius 1 is 0.973 bits per heavy atom. The molecule has 0 radical (unpaired) electrons. The van der Waals surface area contributed by atoms with Crippen LogP contribution in [0.15, 0.2) is 97.2 Å². The molecule has 188 valence electrons. The molecule has 1 fully saturated rings. The molecule has 1 aliphatic heterocycles. The Kier molecular flexibility index (Phi) is 7.57. The summed E-state index contributed by atoms with van der Waals surface area (Å²) in [6, 6.07) is 29.2. The molecule has 2 unspecified atom stereocenters. The summed E-state index contributed by atoms with van der Waals surface area (Å²) in [5, 5.41) is 11.2. The lowest BCUT2D eigenvalue weighted by Crippen LogP contribution is -2.47. The fourth-order valence-electron chi connectivity index (χ4n) is 5.02. The normalized spacial score (nSPS) is 16.3. The molecule has 4 aromatic rings. The average Bonchev–Trinajstić information content (AvgIpc) is 2.97. The SMILES string of the molecule is CN(Cc1ccccc1)c1ncc(C(=O)N2CCCCC2C(O)c2ccccc2)c(-c2ccccc2)n1. The van der Waals surface area contributed by atoms with Gasteiger partial charge in [0.2, 0.25) is 5.95 Å². The summed E-state index contributed by atoms with van der Waals surface area (Å²) in [5.74, 6) is 0.412. The van der Waals surface area contributed by atoms with Gasteiger partial charge in [0.05, 0.1) is 23.4 Å². The quantitative estimate of drug-likeness (QED) is 0.369. The topological polar surface area (TPSA) is 69.6 Å². The number of benzene rings is 3. The third-order valence-electron chi connectivity index (χ3n) is 6.97. The number of anilines is 1. The first kappa shape index (κ1) is 24.7. The molecule has 0 saturated carbocycles. The zero-order valence-electron chi connectivity index (χ0n) is 21.1. The molecule has 0 aliphatic carbocycles. The van der Waals surface area contributed by atoms with Crippen molar-refractivity contribution in [2.75, 3.05) is 18.5 Å². The van der Waals surface area contributed by atoms with Crippen LogP contribution >= 0.6 is 0 Å². The molecule has 3 aromatic carbocycles. The van der Waals surface area contributed by atoms with Crippen LogP contribution in [0.3, 0.4) is 0 Å². The van der Waals surface area contributed by atoms with Crippen molar-refractivity contribution in [1.29, 1.82) is 0 Å². The van der Waals surface area contributed by atoms with E-state index < -0.39 is 6.10 Å². The van der Waals surface area contributed by atoms with E-state index in [1.165, 1.54) is 0 Å². The number of likely N-dealkylation sites (tertiary alicyclic amines) is 1. The van der Waals surface area contributed by atoms with Crippen LogP contribution in [0.4, 0.5) is 5.95 Å². The molecule has 6 nitrogen and oxygen atoms in total. The smallest absolute Gasteiger partial charge is 0.258 e. The van der Waals surface area contributed by atoms with Crippen LogP contribution in [0.2, 0.25) is 0 Å². The summed E-state index contributed by atoms with van der Waals surface area (Å²) >= 11 is 0. The summed E-state index contributed by atoms with van der Waals surface area (Å²) < 4.78 is 0. The van der Waals surface area contributed by atoms with Gasteiger partial charge in [0, 0.05) is 31.9 Å². The Bertz CT molecular complexity index is 1320. The Morgan fingerprint density at radius 3 is 2.32 bits per heavy atom. The van der Waals surface area contributed by atoms with Crippen LogP contribution < -0.4 is 4.90 Å². The molecule has 6 heteroatoms. The van der Waals surface area contributed by atoms with Crippen LogP contribution in [-0.2, 0) is 6.54 Å². The molecule has 0 bridgehead atoms. The van der Waals surface area contributed by atoms with E-state index in [9.17, 15) is 9.90 Å². The van der Waals surface area contributed by atoms with E-state index in [1.54, 1.807) is 6.20 Å². The second-order valence-corrected chi connectivity index (χ2v) is 9.56. The Balaban J connectivity index is 1.48. The van der Waals surface area contributed by atoms with E-state index in [0.717, 1.165) is 36.0 Å². The summed E-state index contributed by atoms with van der Waals surface area (Å²) in [5.41, 5.74) is 3.90. The molecule has 5 rings (SSSR count). The van der Waals surface area contributed by atoms with Gasteiger partial charge in [-0.3, -0.25) is 4.79 Å². The van der Waals surface area contributed by atoms with Gasteiger partial charge in [0.15, 0.2) is 0 Å². The number of hydrogen-bond donors (Lipinski definition) is 1. The lowest BCUT2D eigenvalue weighted by molar-refractivity contribution is 0.0212. The van der Waals surface area contributed by atoms with Crippen LogP contribution in [0.25, 0.3) is 11.3 Å². The van der Waals surface area contributed by atoms with Crippen LogP contribution in [-0.4, -0.2) is 45.5 Å². The highest BCUT2D eigenvalue weighted by Gasteiger charge is 2.34. The number of hydrogen-bond acceptors (Lipinski definition) is 5. The van der Waals surface area contributed by atoms with Gasteiger partial charge < -0.3 is 14.9 Å². The first-order chi connectivity index (χ1) is 18.1.